The van der Waals surface area contributed by atoms with Gasteiger partial charge in [-0.05, 0) is 40.2 Å². The van der Waals surface area contributed by atoms with E-state index in [1.54, 1.807) is 0 Å². The molecule has 5 heteroatoms. The highest BCUT2D eigenvalue weighted by Crippen LogP contribution is 2.34. The van der Waals surface area contributed by atoms with Crippen molar-refractivity contribution in [1.29, 1.82) is 0 Å². The van der Waals surface area contributed by atoms with E-state index >= 15 is 0 Å². The molecular formula is C17H31N3O2. The predicted octanol–water partition coefficient (Wildman–Crippen LogP) is 1.78. The third kappa shape index (κ3) is 4.23. The van der Waals surface area contributed by atoms with Gasteiger partial charge in [-0.2, -0.15) is 0 Å². The van der Waals surface area contributed by atoms with E-state index in [0.717, 1.165) is 52.0 Å². The number of aliphatic hydroxyl groups is 1. The lowest BCUT2D eigenvalue weighted by Gasteiger charge is -2.44. The fourth-order valence-electron chi connectivity index (χ4n) is 3.35. The summed E-state index contributed by atoms with van der Waals surface area (Å²) in [7, 11) is 2.10. The van der Waals surface area contributed by atoms with Crippen molar-refractivity contribution in [3.8, 4) is 0 Å². The number of likely N-dealkylation sites (N-methyl/N-ethyl adjacent to an activating group) is 1. The summed E-state index contributed by atoms with van der Waals surface area (Å²) < 4.78 is 0. The van der Waals surface area contributed by atoms with Crippen LogP contribution in [0.4, 0.5) is 4.79 Å². The van der Waals surface area contributed by atoms with Gasteiger partial charge in [-0.25, -0.2) is 4.79 Å². The molecule has 0 saturated carbocycles. The Kier molecular flexibility index (Phi) is 5.87. The second-order valence-corrected chi connectivity index (χ2v) is 7.24. The second kappa shape index (κ2) is 7.47. The second-order valence-electron chi connectivity index (χ2n) is 7.24. The molecule has 2 fully saturated rings. The van der Waals surface area contributed by atoms with Crippen LogP contribution >= 0.6 is 0 Å². The number of piperidine rings is 1. The van der Waals surface area contributed by atoms with Gasteiger partial charge < -0.3 is 19.8 Å². The highest BCUT2D eigenvalue weighted by molar-refractivity contribution is 5.74. The number of likely N-dealkylation sites (tertiary alicyclic amines) is 1. The normalized spacial score (nSPS) is 26.9. The number of piperazine rings is 1. The Labute approximate surface area is 134 Å². The first kappa shape index (κ1) is 17.3. The molecule has 0 aromatic carbocycles. The van der Waals surface area contributed by atoms with Crippen LogP contribution in [-0.2, 0) is 0 Å². The Morgan fingerprint density at radius 1 is 1.14 bits per heavy atom. The molecule has 0 aromatic heterocycles. The Balaban J connectivity index is 1.99. The zero-order valence-electron chi connectivity index (χ0n) is 14.3. The van der Waals surface area contributed by atoms with Gasteiger partial charge in [0.25, 0.3) is 0 Å². The van der Waals surface area contributed by atoms with Crippen LogP contribution in [0.2, 0.25) is 0 Å². The number of carbonyl (C=O) groups is 1. The minimum Gasteiger partial charge on any atom is -0.396 e. The summed E-state index contributed by atoms with van der Waals surface area (Å²) in [6, 6.07) is 0.155. The summed E-state index contributed by atoms with van der Waals surface area (Å²) in [5.74, 6) is 0. The van der Waals surface area contributed by atoms with E-state index in [0.29, 0.717) is 6.54 Å². The molecule has 1 N–H and O–H groups in total. The first-order chi connectivity index (χ1) is 10.5. The summed E-state index contributed by atoms with van der Waals surface area (Å²) >= 11 is 0. The van der Waals surface area contributed by atoms with Crippen LogP contribution in [0.25, 0.3) is 0 Å². The van der Waals surface area contributed by atoms with Crippen LogP contribution in [0.1, 0.15) is 33.1 Å². The summed E-state index contributed by atoms with van der Waals surface area (Å²) in [5.41, 5.74) is 1.12. The van der Waals surface area contributed by atoms with Gasteiger partial charge >= 0.3 is 6.03 Å². The standard InChI is InChI=1S/C17H31N3O2/c1-15(2)5-7-17(14-21)6-4-8-20(13-17)16(22)19-11-9-18(3)10-12-19/h5,21H,4,6-14H2,1-3H3/t17-/m0/s1. The van der Waals surface area contributed by atoms with Gasteiger partial charge in [0, 0.05) is 44.7 Å². The highest BCUT2D eigenvalue weighted by atomic mass is 16.3. The zero-order valence-corrected chi connectivity index (χ0v) is 14.3. The first-order valence-electron chi connectivity index (χ1n) is 8.42. The minimum atomic E-state index is -0.155. The number of rotatable bonds is 3. The maximum absolute atomic E-state index is 12.7. The van der Waals surface area contributed by atoms with Crippen LogP contribution in [0.3, 0.4) is 0 Å². The van der Waals surface area contributed by atoms with Crippen LogP contribution in [0.5, 0.6) is 0 Å². The number of amides is 2. The van der Waals surface area contributed by atoms with Crippen LogP contribution in [0, 0.1) is 5.41 Å². The molecule has 126 valence electrons. The number of urea groups is 1. The molecule has 1 atom stereocenters. The number of allylic oxidation sites excluding steroid dienone is 2. The number of aliphatic hydroxyl groups excluding tert-OH is 1. The molecular weight excluding hydrogens is 278 g/mol. The molecule has 0 aromatic rings. The fraction of sp³-hybridized carbons (Fsp3) is 0.824. The van der Waals surface area contributed by atoms with Crippen LogP contribution in [0.15, 0.2) is 11.6 Å². The lowest BCUT2D eigenvalue weighted by atomic mass is 9.77. The third-order valence-corrected chi connectivity index (χ3v) is 4.98. The van der Waals surface area contributed by atoms with E-state index in [1.165, 1.54) is 5.57 Å². The quantitative estimate of drug-likeness (QED) is 0.809. The molecule has 2 saturated heterocycles. The molecule has 2 amide bonds. The van der Waals surface area contributed by atoms with Gasteiger partial charge in [-0.3, -0.25) is 0 Å². The van der Waals surface area contributed by atoms with Crippen LogP contribution < -0.4 is 0 Å². The van der Waals surface area contributed by atoms with Crippen molar-refractivity contribution in [1.82, 2.24) is 14.7 Å². The van der Waals surface area contributed by atoms with E-state index < -0.39 is 0 Å². The van der Waals surface area contributed by atoms with Crippen molar-refractivity contribution in [3.05, 3.63) is 11.6 Å². The average molecular weight is 309 g/mol. The molecule has 0 spiro atoms. The van der Waals surface area contributed by atoms with E-state index in [1.807, 2.05) is 9.80 Å². The van der Waals surface area contributed by atoms with Crippen molar-refractivity contribution in [2.75, 3.05) is 52.9 Å². The molecule has 0 aliphatic carbocycles. The third-order valence-electron chi connectivity index (χ3n) is 4.98. The van der Waals surface area contributed by atoms with Crippen molar-refractivity contribution < 1.29 is 9.90 Å². The first-order valence-corrected chi connectivity index (χ1v) is 8.42. The Hall–Kier alpha value is -1.07. The van der Waals surface area contributed by atoms with Crippen molar-refractivity contribution in [2.24, 2.45) is 5.41 Å². The van der Waals surface area contributed by atoms with Gasteiger partial charge in [0.2, 0.25) is 0 Å². The van der Waals surface area contributed by atoms with Crippen molar-refractivity contribution in [3.63, 3.8) is 0 Å². The zero-order chi connectivity index (χ0) is 16.2. The largest absolute Gasteiger partial charge is 0.396 e. The molecule has 2 rings (SSSR count). The molecule has 22 heavy (non-hydrogen) atoms. The molecule has 2 heterocycles. The van der Waals surface area contributed by atoms with E-state index in [9.17, 15) is 9.90 Å². The average Bonchev–Trinajstić information content (AvgIpc) is 2.53. The molecule has 0 bridgehead atoms. The Morgan fingerprint density at radius 3 is 2.41 bits per heavy atom. The van der Waals surface area contributed by atoms with Gasteiger partial charge in [-0.1, -0.05) is 11.6 Å². The van der Waals surface area contributed by atoms with E-state index in [4.69, 9.17) is 0 Å². The molecule has 0 unspecified atom stereocenters. The van der Waals surface area contributed by atoms with Gasteiger partial charge in [0.15, 0.2) is 0 Å². The van der Waals surface area contributed by atoms with E-state index in [2.05, 4.69) is 31.9 Å². The summed E-state index contributed by atoms with van der Waals surface area (Å²) in [6.07, 6.45) is 5.04. The van der Waals surface area contributed by atoms with Gasteiger partial charge in [0.1, 0.15) is 0 Å². The fourth-order valence-corrected chi connectivity index (χ4v) is 3.35. The smallest absolute Gasteiger partial charge is 0.320 e. The molecule has 0 radical (unpaired) electrons. The summed E-state index contributed by atoms with van der Waals surface area (Å²) in [4.78, 5) is 18.9. The number of carbonyl (C=O) groups excluding carboxylic acids is 1. The lowest BCUT2D eigenvalue weighted by molar-refractivity contribution is 0.0361. The maximum atomic E-state index is 12.7. The SMILES string of the molecule is CC(C)=CC[C@@]1(CO)CCCN(C(=O)N2CCN(C)CC2)C1. The van der Waals surface area contributed by atoms with E-state index in [-0.39, 0.29) is 18.1 Å². The topological polar surface area (TPSA) is 47.0 Å². The summed E-state index contributed by atoms with van der Waals surface area (Å²) in [5, 5.41) is 9.91. The predicted molar refractivity (Wildman–Crippen MR) is 88.8 cm³/mol. The molecule has 2 aliphatic rings. The van der Waals surface area contributed by atoms with Crippen molar-refractivity contribution in [2.45, 2.75) is 33.1 Å². The minimum absolute atomic E-state index is 0.155. The Bertz CT molecular complexity index is 412. The number of nitrogens with zero attached hydrogens (tertiary/aromatic N) is 3. The monoisotopic (exact) mass is 309 g/mol. The molecule has 5 nitrogen and oxygen atoms in total. The summed E-state index contributed by atoms with van der Waals surface area (Å²) in [6.45, 7) is 9.34. The van der Waals surface area contributed by atoms with Crippen LogP contribution in [-0.4, -0.2) is 78.8 Å². The Morgan fingerprint density at radius 2 is 1.82 bits per heavy atom. The number of hydrogen-bond acceptors (Lipinski definition) is 3. The van der Waals surface area contributed by atoms with Crippen molar-refractivity contribution >= 4 is 6.03 Å². The van der Waals surface area contributed by atoms with Gasteiger partial charge in [0.05, 0.1) is 6.61 Å². The number of hydrogen-bond donors (Lipinski definition) is 1. The molecule has 2 aliphatic heterocycles. The maximum Gasteiger partial charge on any atom is 0.320 e. The van der Waals surface area contributed by atoms with Gasteiger partial charge in [-0.15, -0.1) is 0 Å². The highest BCUT2D eigenvalue weighted by Gasteiger charge is 2.37. The lowest BCUT2D eigenvalue weighted by Crippen LogP contribution is -2.56.